The van der Waals surface area contributed by atoms with Crippen LogP contribution >= 0.6 is 8.20 Å². The highest BCUT2D eigenvalue weighted by atomic mass is 31.1. The number of hydrogen-bond acceptors (Lipinski definition) is 1. The molecule has 0 bridgehead atoms. The van der Waals surface area contributed by atoms with Gasteiger partial charge in [0.2, 0.25) is 0 Å². The van der Waals surface area contributed by atoms with Crippen LogP contribution in [0, 0.1) is 11.1 Å². The summed E-state index contributed by atoms with van der Waals surface area (Å²) >= 11 is 0. The molecule has 0 heterocycles. The second-order valence-corrected chi connectivity index (χ2v) is 2.48. The Bertz CT molecular complexity index is 94.6. The molecule has 32 valence electrons. The van der Waals surface area contributed by atoms with Gasteiger partial charge in [-0.05, 0) is 19.1 Å². The summed E-state index contributed by atoms with van der Waals surface area (Å²) in [5, 5.41) is 9.10. The predicted molar refractivity (Wildman–Crippen MR) is 28.9 cm³/mol. The average molecular weight is 99.1 g/mol. The molecule has 1 nitrogen and oxygen atoms in total. The first-order chi connectivity index (χ1) is 2.77. The highest BCUT2D eigenvalue weighted by Crippen LogP contribution is 1.91. The summed E-state index contributed by atoms with van der Waals surface area (Å²) < 4.78 is 0. The van der Waals surface area contributed by atoms with Crippen LogP contribution in [0.1, 0.15) is 13.8 Å². The Balaban J connectivity index is 3.51. The topological polar surface area (TPSA) is 23.8 Å². The number of nitrogens with zero attached hydrogens (tertiary/aromatic N) is 1. The molecule has 0 rings (SSSR count). The first kappa shape index (κ1) is 5.66. The van der Waals surface area contributed by atoms with Crippen molar-refractivity contribution in [3.8, 4) is 5.81 Å². The monoisotopic (exact) mass is 99.0 g/mol. The smallest absolute Gasteiger partial charge is 0.121 e. The van der Waals surface area contributed by atoms with Gasteiger partial charge >= 0.3 is 0 Å². The van der Waals surface area contributed by atoms with Crippen molar-refractivity contribution >= 4 is 13.5 Å². The zero-order valence-electron chi connectivity index (χ0n) is 3.89. The van der Waals surface area contributed by atoms with Crippen LogP contribution in [-0.4, -0.2) is 5.29 Å². The Morgan fingerprint density at radius 2 is 2.17 bits per heavy atom. The van der Waals surface area contributed by atoms with Crippen molar-refractivity contribution < 1.29 is 0 Å². The maximum atomic E-state index is 7.95. The summed E-state index contributed by atoms with van der Waals surface area (Å²) in [6.45, 7) is 3.87. The van der Waals surface area contributed by atoms with Crippen molar-refractivity contribution in [3.05, 3.63) is 0 Å². The lowest BCUT2D eigenvalue weighted by Gasteiger charge is -1.70. The third-order valence-electron chi connectivity index (χ3n) is 0.274. The molecule has 0 atom stereocenters. The normalized spacial score (nSPS) is 7.50. The maximum Gasteiger partial charge on any atom is 0.121 e. The van der Waals surface area contributed by atoms with Crippen molar-refractivity contribution in [3.63, 3.8) is 0 Å². The number of hydrogen-bond donors (Lipinski definition) is 0. The molecule has 0 saturated heterocycles. The van der Waals surface area contributed by atoms with E-state index in [4.69, 9.17) is 5.26 Å². The van der Waals surface area contributed by atoms with E-state index in [0.717, 1.165) is 13.5 Å². The third-order valence-corrected chi connectivity index (χ3v) is 0.821. The minimum atomic E-state index is 0.801. The van der Waals surface area contributed by atoms with Gasteiger partial charge in [0.05, 0.1) is 0 Å². The molecule has 0 fully saturated rings. The van der Waals surface area contributed by atoms with Gasteiger partial charge in [0.1, 0.15) is 5.81 Å². The van der Waals surface area contributed by atoms with E-state index >= 15 is 0 Å². The van der Waals surface area contributed by atoms with Crippen LogP contribution in [0.2, 0.25) is 0 Å². The maximum absolute atomic E-state index is 7.95. The second-order valence-electron chi connectivity index (χ2n) is 1.16. The van der Waals surface area contributed by atoms with E-state index in [2.05, 4.69) is 0 Å². The van der Waals surface area contributed by atoms with E-state index in [1.165, 1.54) is 0 Å². The van der Waals surface area contributed by atoms with Crippen LogP contribution in [0.4, 0.5) is 0 Å². The third kappa shape index (κ3) is 3.66. The van der Waals surface area contributed by atoms with Crippen LogP contribution in [-0.2, 0) is 0 Å². The van der Waals surface area contributed by atoms with Gasteiger partial charge in [0.25, 0.3) is 0 Å². The fraction of sp³-hybridized carbons (Fsp3) is 0.500. The molecule has 0 aliphatic heterocycles. The van der Waals surface area contributed by atoms with Crippen molar-refractivity contribution in [2.75, 3.05) is 0 Å². The van der Waals surface area contributed by atoms with Crippen molar-refractivity contribution in [1.82, 2.24) is 0 Å². The molecule has 0 aromatic heterocycles. The van der Waals surface area contributed by atoms with Crippen LogP contribution in [0.15, 0.2) is 0 Å². The molecular weight excluding hydrogens is 93.0 g/mol. The molecule has 0 aliphatic carbocycles. The van der Waals surface area contributed by atoms with Gasteiger partial charge in [-0.1, -0.05) is 0 Å². The van der Waals surface area contributed by atoms with E-state index < -0.39 is 0 Å². The molecule has 0 aromatic carbocycles. The number of nitriles is 1. The van der Waals surface area contributed by atoms with Gasteiger partial charge in [-0.25, -0.2) is 0 Å². The van der Waals surface area contributed by atoms with Crippen molar-refractivity contribution in [2.45, 2.75) is 13.8 Å². The minimum absolute atomic E-state index is 0.801. The molecule has 6 heavy (non-hydrogen) atoms. The first-order valence-corrected chi connectivity index (χ1v) is 2.57. The molecule has 0 N–H and O–H groups in total. The number of rotatable bonds is 0. The van der Waals surface area contributed by atoms with Gasteiger partial charge in [-0.15, -0.1) is 0 Å². The Morgan fingerprint density at radius 1 is 1.67 bits per heavy atom. The Kier molecular flexibility index (Phi) is 2.71. The van der Waals surface area contributed by atoms with E-state index in [1.807, 2.05) is 19.7 Å². The zero-order valence-corrected chi connectivity index (χ0v) is 4.79. The SMILES string of the molecule is CC(C)=PC#N. The Labute approximate surface area is 39.4 Å². The van der Waals surface area contributed by atoms with Crippen LogP contribution in [0.3, 0.4) is 0 Å². The Morgan fingerprint density at radius 3 is 2.17 bits per heavy atom. The summed E-state index contributed by atoms with van der Waals surface area (Å²) in [6, 6.07) is 0. The van der Waals surface area contributed by atoms with Gasteiger partial charge < -0.3 is 0 Å². The molecular formula is C4H6NP. The standard InChI is InChI=1S/C4H6NP/c1-4(2)6-3-5/h1-2H3. The predicted octanol–water partition coefficient (Wildman–Crippen LogP) is 1.63. The van der Waals surface area contributed by atoms with Gasteiger partial charge in [0.15, 0.2) is 0 Å². The van der Waals surface area contributed by atoms with Crippen molar-refractivity contribution in [2.24, 2.45) is 0 Å². The summed E-state index contributed by atoms with van der Waals surface area (Å²) in [5.41, 5.74) is 0. The first-order valence-electron chi connectivity index (χ1n) is 1.67. The fourth-order valence-electron chi connectivity index (χ4n) is 0.100. The molecule has 2 heteroatoms. The molecule has 0 radical (unpaired) electrons. The average Bonchev–Trinajstić information content (AvgIpc) is 1.35. The minimum Gasteiger partial charge on any atom is -0.188 e. The van der Waals surface area contributed by atoms with Crippen LogP contribution < -0.4 is 0 Å². The summed E-state index contributed by atoms with van der Waals surface area (Å²) in [5.74, 6) is 2.00. The summed E-state index contributed by atoms with van der Waals surface area (Å²) in [6.07, 6.45) is 0. The second kappa shape index (κ2) is 2.87. The fourth-order valence-corrected chi connectivity index (χ4v) is 0.300. The van der Waals surface area contributed by atoms with Gasteiger partial charge in [-0.2, -0.15) is 5.26 Å². The molecule has 0 aliphatic rings. The molecule has 0 amide bonds. The van der Waals surface area contributed by atoms with Crippen LogP contribution in [0.25, 0.3) is 0 Å². The van der Waals surface area contributed by atoms with Gasteiger partial charge in [0, 0.05) is 8.20 Å². The largest absolute Gasteiger partial charge is 0.188 e. The zero-order chi connectivity index (χ0) is 4.99. The Hall–Kier alpha value is -0.340. The molecule has 0 unspecified atom stereocenters. The van der Waals surface area contributed by atoms with E-state index in [1.54, 1.807) is 0 Å². The van der Waals surface area contributed by atoms with E-state index in [9.17, 15) is 0 Å². The van der Waals surface area contributed by atoms with E-state index in [-0.39, 0.29) is 0 Å². The summed E-state index contributed by atoms with van der Waals surface area (Å²) in [7, 11) is 0.801. The highest BCUT2D eigenvalue weighted by molar-refractivity contribution is 7.45. The lowest BCUT2D eigenvalue weighted by Crippen LogP contribution is -1.66. The molecule has 0 saturated carbocycles. The lowest BCUT2D eigenvalue weighted by molar-refractivity contribution is 1.57. The highest BCUT2D eigenvalue weighted by Gasteiger charge is 1.67. The van der Waals surface area contributed by atoms with Crippen molar-refractivity contribution in [1.29, 1.82) is 5.26 Å². The molecule has 0 aromatic rings. The lowest BCUT2D eigenvalue weighted by atomic mass is 10.6. The molecule has 0 spiro atoms. The quantitative estimate of drug-likeness (QED) is 0.423. The van der Waals surface area contributed by atoms with E-state index in [0.29, 0.717) is 0 Å². The van der Waals surface area contributed by atoms with Crippen LogP contribution in [0.5, 0.6) is 0 Å². The van der Waals surface area contributed by atoms with Gasteiger partial charge in [-0.3, -0.25) is 0 Å². The summed E-state index contributed by atoms with van der Waals surface area (Å²) in [4.78, 5) is 0.